The highest BCUT2D eigenvalue weighted by molar-refractivity contribution is 5.84. The Morgan fingerprint density at radius 3 is 2.56 bits per heavy atom. The van der Waals surface area contributed by atoms with Crippen LogP contribution >= 0.6 is 0 Å². The van der Waals surface area contributed by atoms with Gasteiger partial charge < -0.3 is 10.6 Å². The van der Waals surface area contributed by atoms with Crippen molar-refractivity contribution in [1.29, 1.82) is 0 Å². The molecule has 18 heavy (non-hydrogen) atoms. The number of rotatable bonds is 5. The molecule has 1 rings (SSSR count). The first-order valence-corrected chi connectivity index (χ1v) is 6.19. The van der Waals surface area contributed by atoms with Gasteiger partial charge in [-0.3, -0.25) is 4.79 Å². The first-order chi connectivity index (χ1) is 8.35. The Morgan fingerprint density at radius 2 is 2.00 bits per heavy atom. The Morgan fingerprint density at radius 1 is 1.39 bits per heavy atom. The van der Waals surface area contributed by atoms with E-state index in [0.717, 1.165) is 6.42 Å². The summed E-state index contributed by atoms with van der Waals surface area (Å²) in [6.45, 7) is 7.64. The molecule has 0 heterocycles. The van der Waals surface area contributed by atoms with Crippen molar-refractivity contribution in [2.45, 2.75) is 45.7 Å². The Balaban J connectivity index is 2.63. The first kappa shape index (κ1) is 14.5. The number of hydrogen-bond acceptors (Lipinski definition) is 2. The second kappa shape index (κ2) is 5.85. The molecule has 4 heteroatoms. The lowest BCUT2D eigenvalue weighted by Gasteiger charge is -2.27. The van der Waals surface area contributed by atoms with Crippen LogP contribution in [0.15, 0.2) is 24.3 Å². The summed E-state index contributed by atoms with van der Waals surface area (Å²) < 4.78 is 13.4. The molecule has 0 fully saturated rings. The summed E-state index contributed by atoms with van der Waals surface area (Å²) in [5, 5.41) is 5.79. The third-order valence-electron chi connectivity index (χ3n) is 2.98. The molecule has 0 saturated heterocycles. The fourth-order valence-electron chi connectivity index (χ4n) is 1.41. The Labute approximate surface area is 108 Å². The maximum atomic E-state index is 13.4. The Bertz CT molecular complexity index is 418. The molecule has 0 aliphatic carbocycles. The molecule has 0 aliphatic rings. The van der Waals surface area contributed by atoms with E-state index in [-0.39, 0.29) is 17.3 Å². The number of carbonyl (C=O) groups excluding carboxylic acids is 1. The molecule has 0 aliphatic heterocycles. The molecule has 1 atom stereocenters. The van der Waals surface area contributed by atoms with E-state index in [0.29, 0.717) is 5.69 Å². The van der Waals surface area contributed by atoms with E-state index in [1.54, 1.807) is 25.1 Å². The zero-order chi connectivity index (χ0) is 13.8. The van der Waals surface area contributed by atoms with Gasteiger partial charge in [0, 0.05) is 5.54 Å². The van der Waals surface area contributed by atoms with E-state index in [1.807, 2.05) is 20.8 Å². The van der Waals surface area contributed by atoms with Gasteiger partial charge in [0.25, 0.3) is 0 Å². The predicted octanol–water partition coefficient (Wildman–Crippen LogP) is 2.93. The molecule has 0 bridgehead atoms. The van der Waals surface area contributed by atoms with Gasteiger partial charge in [0.2, 0.25) is 5.91 Å². The maximum Gasteiger partial charge on any atom is 0.242 e. The van der Waals surface area contributed by atoms with Gasteiger partial charge in [-0.15, -0.1) is 0 Å². The van der Waals surface area contributed by atoms with Gasteiger partial charge in [-0.25, -0.2) is 4.39 Å². The summed E-state index contributed by atoms with van der Waals surface area (Å²) in [5.74, 6) is -0.489. The van der Waals surface area contributed by atoms with Crippen molar-refractivity contribution < 1.29 is 9.18 Å². The van der Waals surface area contributed by atoms with Crippen LogP contribution in [-0.4, -0.2) is 17.5 Å². The lowest BCUT2D eigenvalue weighted by atomic mass is 10.0. The van der Waals surface area contributed by atoms with Crippen molar-refractivity contribution >= 4 is 11.6 Å². The van der Waals surface area contributed by atoms with Crippen LogP contribution in [0.4, 0.5) is 10.1 Å². The van der Waals surface area contributed by atoms with E-state index < -0.39 is 6.04 Å². The predicted molar refractivity (Wildman–Crippen MR) is 72.0 cm³/mol. The topological polar surface area (TPSA) is 41.1 Å². The number of hydrogen-bond donors (Lipinski definition) is 2. The lowest BCUT2D eigenvalue weighted by Crippen LogP contribution is -2.48. The fraction of sp³-hybridized carbons (Fsp3) is 0.500. The number of para-hydroxylation sites is 1. The number of anilines is 1. The molecule has 0 radical (unpaired) electrons. The molecule has 1 aromatic rings. The highest BCUT2D eigenvalue weighted by Gasteiger charge is 2.22. The average Bonchev–Trinajstić information content (AvgIpc) is 2.31. The zero-order valence-corrected chi connectivity index (χ0v) is 11.4. The molecule has 0 saturated carbocycles. The van der Waals surface area contributed by atoms with E-state index in [1.165, 1.54) is 6.07 Å². The van der Waals surface area contributed by atoms with E-state index in [4.69, 9.17) is 0 Å². The third kappa shape index (κ3) is 4.02. The molecule has 2 N–H and O–H groups in total. The van der Waals surface area contributed by atoms with Crippen LogP contribution in [0.2, 0.25) is 0 Å². The number of carbonyl (C=O) groups is 1. The number of amides is 1. The summed E-state index contributed by atoms with van der Waals surface area (Å²) in [4.78, 5) is 11.9. The SMILES string of the molecule is CCC(C)(C)NC(=O)C(C)Nc1ccccc1F. The van der Waals surface area contributed by atoms with E-state index in [2.05, 4.69) is 10.6 Å². The minimum Gasteiger partial charge on any atom is -0.372 e. The van der Waals surface area contributed by atoms with Gasteiger partial charge >= 0.3 is 0 Å². The molecule has 1 unspecified atom stereocenters. The monoisotopic (exact) mass is 252 g/mol. The molecule has 0 aromatic heterocycles. The van der Waals surface area contributed by atoms with Crippen molar-refractivity contribution in [3.8, 4) is 0 Å². The normalized spacial score (nSPS) is 12.9. The average molecular weight is 252 g/mol. The first-order valence-electron chi connectivity index (χ1n) is 6.19. The highest BCUT2D eigenvalue weighted by Crippen LogP contribution is 2.14. The summed E-state index contributed by atoms with van der Waals surface area (Å²) in [5.41, 5.74) is 0.0943. The molecule has 3 nitrogen and oxygen atoms in total. The smallest absolute Gasteiger partial charge is 0.242 e. The van der Waals surface area contributed by atoms with E-state index >= 15 is 0 Å². The van der Waals surface area contributed by atoms with Crippen LogP contribution in [0.25, 0.3) is 0 Å². The molecular weight excluding hydrogens is 231 g/mol. The second-order valence-corrected chi connectivity index (χ2v) is 5.07. The summed E-state index contributed by atoms with van der Waals surface area (Å²) >= 11 is 0. The molecule has 1 aromatic carbocycles. The van der Waals surface area contributed by atoms with E-state index in [9.17, 15) is 9.18 Å². The molecular formula is C14H21FN2O. The van der Waals surface area contributed by atoms with Crippen molar-refractivity contribution in [1.82, 2.24) is 5.32 Å². The summed E-state index contributed by atoms with van der Waals surface area (Å²) in [7, 11) is 0. The van der Waals surface area contributed by atoms with Crippen LogP contribution in [0, 0.1) is 5.82 Å². The largest absolute Gasteiger partial charge is 0.372 e. The zero-order valence-electron chi connectivity index (χ0n) is 11.4. The maximum absolute atomic E-state index is 13.4. The van der Waals surface area contributed by atoms with Crippen molar-refractivity contribution in [2.24, 2.45) is 0 Å². The van der Waals surface area contributed by atoms with Gasteiger partial charge in [-0.2, -0.15) is 0 Å². The van der Waals surface area contributed by atoms with Crippen molar-refractivity contribution in [2.75, 3.05) is 5.32 Å². The van der Waals surface area contributed by atoms with Gasteiger partial charge in [-0.05, 0) is 39.3 Å². The fourth-order valence-corrected chi connectivity index (χ4v) is 1.41. The van der Waals surface area contributed by atoms with Gasteiger partial charge in [0.1, 0.15) is 11.9 Å². The van der Waals surface area contributed by atoms with Crippen LogP contribution in [0.5, 0.6) is 0 Å². The minimum absolute atomic E-state index is 0.134. The lowest BCUT2D eigenvalue weighted by molar-refractivity contribution is -0.123. The molecule has 100 valence electrons. The van der Waals surface area contributed by atoms with Crippen molar-refractivity contribution in [3.05, 3.63) is 30.1 Å². The third-order valence-corrected chi connectivity index (χ3v) is 2.98. The summed E-state index contributed by atoms with van der Waals surface area (Å²) in [6.07, 6.45) is 0.838. The van der Waals surface area contributed by atoms with Crippen LogP contribution in [0.1, 0.15) is 34.1 Å². The highest BCUT2D eigenvalue weighted by atomic mass is 19.1. The van der Waals surface area contributed by atoms with Gasteiger partial charge in [-0.1, -0.05) is 19.1 Å². The van der Waals surface area contributed by atoms with Gasteiger partial charge in [0.05, 0.1) is 5.69 Å². The number of nitrogens with one attached hydrogen (secondary N) is 2. The molecule has 1 amide bonds. The Kier molecular flexibility index (Phi) is 4.70. The second-order valence-electron chi connectivity index (χ2n) is 5.07. The summed E-state index contributed by atoms with van der Waals surface area (Å²) in [6, 6.07) is 5.84. The number of benzene rings is 1. The van der Waals surface area contributed by atoms with Crippen LogP contribution in [0.3, 0.4) is 0 Å². The van der Waals surface area contributed by atoms with Gasteiger partial charge in [0.15, 0.2) is 0 Å². The Hall–Kier alpha value is -1.58. The van der Waals surface area contributed by atoms with Crippen LogP contribution in [-0.2, 0) is 4.79 Å². The number of halogens is 1. The van der Waals surface area contributed by atoms with Crippen molar-refractivity contribution in [3.63, 3.8) is 0 Å². The molecule has 0 spiro atoms. The minimum atomic E-state index is -0.479. The van der Waals surface area contributed by atoms with Crippen LogP contribution < -0.4 is 10.6 Å². The standard InChI is InChI=1S/C14H21FN2O/c1-5-14(3,4)17-13(18)10(2)16-12-9-7-6-8-11(12)15/h6-10,16H,5H2,1-4H3,(H,17,18). The quantitative estimate of drug-likeness (QED) is 0.846.